The molecule has 2 atom stereocenters. The number of carbonyl (C=O) groups is 1. The first-order valence-corrected chi connectivity index (χ1v) is 13.5. The summed E-state index contributed by atoms with van der Waals surface area (Å²) in [5.74, 6) is 0.186. The van der Waals surface area contributed by atoms with Crippen LogP contribution in [0, 0.1) is 17.7 Å². The van der Waals surface area contributed by atoms with Crippen LogP contribution in [0.25, 0.3) is 22.4 Å². The molecule has 13 heteroatoms. The van der Waals surface area contributed by atoms with Crippen LogP contribution in [0.15, 0.2) is 36.8 Å². The molecule has 0 spiro atoms. The van der Waals surface area contributed by atoms with Gasteiger partial charge < -0.3 is 9.40 Å². The first kappa shape index (κ1) is 26.5. The first-order valence-electron chi connectivity index (χ1n) is 13.1. The third-order valence-electron chi connectivity index (χ3n) is 7.59. The van der Waals surface area contributed by atoms with Crippen LogP contribution in [0.3, 0.4) is 0 Å². The number of rotatable bonds is 6. The van der Waals surface area contributed by atoms with Gasteiger partial charge in [0.05, 0.1) is 5.02 Å². The van der Waals surface area contributed by atoms with Crippen LogP contribution >= 0.6 is 11.6 Å². The van der Waals surface area contributed by atoms with Gasteiger partial charge in [-0.3, -0.25) is 15.3 Å². The minimum Gasteiger partial charge on any atom is -0.351 e. The van der Waals surface area contributed by atoms with Crippen molar-refractivity contribution in [2.75, 3.05) is 0 Å². The lowest BCUT2D eigenvalue weighted by Crippen LogP contribution is -2.28. The molecule has 1 aliphatic heterocycles. The van der Waals surface area contributed by atoms with Crippen molar-refractivity contribution in [3.8, 4) is 11.3 Å². The summed E-state index contributed by atoms with van der Waals surface area (Å²) >= 11 is 6.29. The molecule has 2 fully saturated rings. The predicted molar refractivity (Wildman–Crippen MR) is 142 cm³/mol. The minimum atomic E-state index is -2.40. The van der Waals surface area contributed by atoms with Crippen LogP contribution in [0.1, 0.15) is 63.0 Å². The molecule has 0 radical (unpaired) electrons. The summed E-state index contributed by atoms with van der Waals surface area (Å²) in [6, 6.07) is 4.27. The Labute approximate surface area is 233 Å². The second kappa shape index (κ2) is 10.3. The number of imidazole rings is 1. The molecule has 2 aliphatic rings. The number of alkyl halides is 1. The van der Waals surface area contributed by atoms with Crippen LogP contribution in [0.5, 0.6) is 0 Å². The Morgan fingerprint density at radius 1 is 1.20 bits per heavy atom. The molecule has 4 aromatic rings. The van der Waals surface area contributed by atoms with E-state index in [0.717, 1.165) is 25.7 Å². The van der Waals surface area contributed by atoms with Crippen LogP contribution in [-0.2, 0) is 17.1 Å². The van der Waals surface area contributed by atoms with Crippen LogP contribution < -0.4 is 10.8 Å². The Balaban J connectivity index is 1.60. The molecule has 1 aliphatic carbocycles. The monoisotopic (exact) mass is 568 g/mol. The molecule has 5 heterocycles. The van der Waals surface area contributed by atoms with E-state index in [0.29, 0.717) is 34.3 Å². The van der Waals surface area contributed by atoms with E-state index in [1.54, 1.807) is 16.8 Å². The van der Waals surface area contributed by atoms with E-state index in [2.05, 4.69) is 37.7 Å². The normalized spacial score (nSPS) is 22.6. The zero-order valence-corrected chi connectivity index (χ0v) is 22.6. The lowest BCUT2D eigenvalue weighted by molar-refractivity contribution is 0.120. The van der Waals surface area contributed by atoms with Gasteiger partial charge in [-0.05, 0) is 49.8 Å². The first-order chi connectivity index (χ1) is 19.2. The number of hydroxylamine groups is 1. The van der Waals surface area contributed by atoms with Crippen molar-refractivity contribution in [2.24, 2.45) is 11.8 Å². The van der Waals surface area contributed by atoms with E-state index in [1.807, 2.05) is 0 Å². The van der Waals surface area contributed by atoms with Crippen LogP contribution in [0.4, 0.5) is 13.6 Å². The molecular weight excluding hydrogens is 542 g/mol. The summed E-state index contributed by atoms with van der Waals surface area (Å²) in [6.45, 7) is 3.91. The standard InChI is InChI=1S/C27H27ClF2N8O2/c1-14-5-7-15(8-6-14)13-38-20-19(16-10-17(28)12-31-11-16)33-23(24-36-26(39)40-37-24)34-22(20)35-25(38)27(2,30)21-18(29)4-3-9-32-21/h3-4,9-12,14-15,24,37H,5-8,13H2,1-2H3,(H,36,39). The van der Waals surface area contributed by atoms with Crippen molar-refractivity contribution >= 4 is 28.9 Å². The Morgan fingerprint density at radius 3 is 2.70 bits per heavy atom. The molecule has 0 bridgehead atoms. The summed E-state index contributed by atoms with van der Waals surface area (Å²) in [4.78, 5) is 38.7. The maximum Gasteiger partial charge on any atom is 0.427 e. The summed E-state index contributed by atoms with van der Waals surface area (Å²) in [5, 5.41) is 2.95. The SMILES string of the molecule is CC1CCC(Cn2c(C(C)(F)c3ncccc3F)nc3nc(C4NOC(=O)N4)nc(-c4cncc(Cl)c4)c32)CC1. The van der Waals surface area contributed by atoms with Crippen molar-refractivity contribution in [3.05, 3.63) is 65.0 Å². The Hall–Kier alpha value is -3.77. The average molecular weight is 569 g/mol. The highest BCUT2D eigenvalue weighted by molar-refractivity contribution is 6.30. The third-order valence-corrected chi connectivity index (χ3v) is 7.79. The third kappa shape index (κ3) is 4.86. The highest BCUT2D eigenvalue weighted by Crippen LogP contribution is 2.39. The van der Waals surface area contributed by atoms with Crippen molar-refractivity contribution < 1.29 is 18.4 Å². The molecule has 40 heavy (non-hydrogen) atoms. The number of fused-ring (bicyclic) bond motifs is 1. The van der Waals surface area contributed by atoms with Gasteiger partial charge in [0.1, 0.15) is 22.7 Å². The summed E-state index contributed by atoms with van der Waals surface area (Å²) in [7, 11) is 0. The summed E-state index contributed by atoms with van der Waals surface area (Å²) in [6.07, 6.45) is 6.90. The number of halogens is 3. The zero-order valence-electron chi connectivity index (χ0n) is 21.9. The van der Waals surface area contributed by atoms with E-state index in [9.17, 15) is 9.18 Å². The van der Waals surface area contributed by atoms with Gasteiger partial charge >= 0.3 is 6.09 Å². The topological polar surface area (TPSA) is 120 Å². The highest BCUT2D eigenvalue weighted by Gasteiger charge is 2.40. The Kier molecular flexibility index (Phi) is 6.83. The maximum absolute atomic E-state index is 16.8. The lowest BCUT2D eigenvalue weighted by Gasteiger charge is -2.29. The molecule has 10 nitrogen and oxygen atoms in total. The largest absolute Gasteiger partial charge is 0.427 e. The number of nitrogens with one attached hydrogen (secondary N) is 2. The molecule has 6 rings (SSSR count). The second-order valence-electron chi connectivity index (χ2n) is 10.6. The van der Waals surface area contributed by atoms with E-state index in [4.69, 9.17) is 21.4 Å². The number of pyridine rings is 2. The molecule has 4 aromatic heterocycles. The van der Waals surface area contributed by atoms with Crippen molar-refractivity contribution in [2.45, 2.75) is 57.9 Å². The van der Waals surface area contributed by atoms with E-state index >= 15 is 4.39 Å². The smallest absolute Gasteiger partial charge is 0.351 e. The van der Waals surface area contributed by atoms with Gasteiger partial charge in [0.15, 0.2) is 23.5 Å². The van der Waals surface area contributed by atoms with E-state index in [1.165, 1.54) is 31.5 Å². The minimum absolute atomic E-state index is 0.0407. The van der Waals surface area contributed by atoms with E-state index in [-0.39, 0.29) is 28.9 Å². The van der Waals surface area contributed by atoms with Gasteiger partial charge in [-0.25, -0.2) is 28.5 Å². The fourth-order valence-electron chi connectivity index (χ4n) is 5.47. The van der Waals surface area contributed by atoms with Gasteiger partial charge in [0.25, 0.3) is 0 Å². The van der Waals surface area contributed by atoms with Crippen molar-refractivity contribution in [1.82, 2.24) is 40.3 Å². The molecule has 2 N–H and O–H groups in total. The number of hydrogen-bond donors (Lipinski definition) is 2. The molecule has 1 saturated carbocycles. The molecule has 0 aromatic carbocycles. The van der Waals surface area contributed by atoms with Gasteiger partial charge in [0, 0.05) is 30.7 Å². The zero-order chi connectivity index (χ0) is 28.0. The summed E-state index contributed by atoms with van der Waals surface area (Å²) < 4.78 is 33.5. The molecule has 1 amide bonds. The number of aromatic nitrogens is 6. The molecule has 1 saturated heterocycles. The van der Waals surface area contributed by atoms with Crippen molar-refractivity contribution in [3.63, 3.8) is 0 Å². The van der Waals surface area contributed by atoms with E-state index < -0.39 is 23.7 Å². The Bertz CT molecular complexity index is 1590. The summed E-state index contributed by atoms with van der Waals surface area (Å²) in [5.41, 5.74) is 1.31. The average Bonchev–Trinajstić information content (AvgIpc) is 3.53. The number of amides is 1. The maximum atomic E-state index is 16.8. The van der Waals surface area contributed by atoms with Gasteiger partial charge in [-0.2, -0.15) is 0 Å². The quantitative estimate of drug-likeness (QED) is 0.318. The number of carbonyl (C=O) groups excluding carboxylic acids is 1. The van der Waals surface area contributed by atoms with Gasteiger partial charge in [-0.1, -0.05) is 31.4 Å². The number of nitrogens with zero attached hydrogens (tertiary/aromatic N) is 6. The van der Waals surface area contributed by atoms with Crippen LogP contribution in [0.2, 0.25) is 5.02 Å². The second-order valence-corrected chi connectivity index (χ2v) is 11.0. The fourth-order valence-corrected chi connectivity index (χ4v) is 5.65. The fraction of sp³-hybridized carbons (Fsp3) is 0.407. The predicted octanol–water partition coefficient (Wildman–Crippen LogP) is 5.38. The van der Waals surface area contributed by atoms with Gasteiger partial charge in [-0.15, -0.1) is 5.48 Å². The molecular formula is C27H27ClF2N8O2. The van der Waals surface area contributed by atoms with Gasteiger partial charge in [0.2, 0.25) is 5.67 Å². The number of hydrogen-bond acceptors (Lipinski definition) is 8. The molecule has 208 valence electrons. The van der Waals surface area contributed by atoms with Crippen molar-refractivity contribution in [1.29, 1.82) is 0 Å². The highest BCUT2D eigenvalue weighted by atomic mass is 35.5. The van der Waals surface area contributed by atoms with Crippen LogP contribution in [-0.4, -0.2) is 35.6 Å². The Morgan fingerprint density at radius 2 is 2.00 bits per heavy atom. The lowest BCUT2D eigenvalue weighted by atomic mass is 9.83. The molecule has 2 unspecified atom stereocenters.